The second-order valence-corrected chi connectivity index (χ2v) is 30.5. The van der Waals surface area contributed by atoms with Crippen molar-refractivity contribution in [3.63, 3.8) is 0 Å². The van der Waals surface area contributed by atoms with E-state index < -0.39 is 156 Å². The van der Waals surface area contributed by atoms with Crippen molar-refractivity contribution in [2.75, 3.05) is 26.4 Å². The third-order valence-corrected chi connectivity index (χ3v) is 21.0. The van der Waals surface area contributed by atoms with E-state index in [1.165, 1.54) is 167 Å². The molecule has 19 unspecified atom stereocenters. The number of aliphatic hydroxyl groups excluding tert-OH is 10. The molecule has 2 aliphatic heterocycles. The summed E-state index contributed by atoms with van der Waals surface area (Å²) in [6.07, 6.45) is 13.0. The molecule has 25 heteroatoms. The van der Waals surface area contributed by atoms with E-state index in [0.717, 1.165) is 89.9 Å². The van der Waals surface area contributed by atoms with E-state index in [1.54, 1.807) is 0 Å². The molecule has 2 saturated heterocycles. The Morgan fingerprint density at radius 1 is 0.380 bits per heavy atom. The zero-order valence-corrected chi connectivity index (χ0v) is 62.8. The minimum Gasteiger partial charge on any atom is -0.463 e. The zero-order chi connectivity index (χ0) is 73.3. The van der Waals surface area contributed by atoms with Crippen LogP contribution in [0.5, 0.6) is 0 Å². The molecular weight excluding hydrogens is 1320 g/mol. The summed E-state index contributed by atoms with van der Waals surface area (Å²) in [5.41, 5.74) is 0. The van der Waals surface area contributed by atoms with Crippen molar-refractivity contribution in [1.29, 1.82) is 0 Å². The first-order chi connectivity index (χ1) is 48.2. The highest BCUT2D eigenvalue weighted by molar-refractivity contribution is 7.47. The maximum absolute atomic E-state index is 14.4. The quantitative estimate of drug-likeness (QED) is 0.0117. The zero-order valence-electron chi connectivity index (χ0n) is 61.9. The van der Waals surface area contributed by atoms with E-state index in [2.05, 4.69) is 27.7 Å². The lowest BCUT2D eigenvalue weighted by Gasteiger charge is -2.49. The van der Waals surface area contributed by atoms with E-state index in [4.69, 9.17) is 42.2 Å². The first-order valence-electron chi connectivity index (χ1n) is 39.7. The summed E-state index contributed by atoms with van der Waals surface area (Å²) in [6, 6.07) is 0. The molecule has 590 valence electrons. The molecule has 3 fully saturated rings. The summed E-state index contributed by atoms with van der Waals surface area (Å²) in [5, 5.41) is 110. The van der Waals surface area contributed by atoms with Gasteiger partial charge < -0.3 is 89.1 Å². The van der Waals surface area contributed by atoms with E-state index >= 15 is 0 Å². The molecule has 11 N–H and O–H groups in total. The molecule has 3 rings (SSSR count). The minimum atomic E-state index is -5.69. The van der Waals surface area contributed by atoms with Gasteiger partial charge in [-0.15, -0.1) is 0 Å². The number of carbonyl (C=O) groups is 3. The number of carbonyl (C=O) groups excluding carboxylic acids is 3. The standard InChI is InChI=1S/C75H141O24P/c1-5-8-11-14-17-19-21-23-24-25-27-28-30-32-38-43-48-59(77)91-52-56(94-61(79)50-45-40-33-31-29-26-22-20-18-15-12-9-6-2)53-93-100(89,90)99-73-71(97-74-69(87)64(82)62(80)57(51-76)95-74)67(85)66(84)68(86)72(73)98-75-70(88)65(83)63(81)58(96-75)54-92-60(78)49-44-39-35-34-37-42-47-55(4)46-41-36-16-13-10-7-3/h55-58,62-76,80-88H,5-54H2,1-4H3,(H,89,90). The van der Waals surface area contributed by atoms with Gasteiger partial charge in [-0.3, -0.25) is 23.4 Å². The molecule has 24 nitrogen and oxygen atoms in total. The summed E-state index contributed by atoms with van der Waals surface area (Å²) in [5.74, 6) is -1.28. The molecule has 100 heavy (non-hydrogen) atoms. The van der Waals surface area contributed by atoms with Gasteiger partial charge in [0, 0.05) is 19.3 Å². The third-order valence-electron chi connectivity index (χ3n) is 20.0. The lowest BCUT2D eigenvalue weighted by molar-refractivity contribution is -0.360. The number of aliphatic hydroxyl groups is 10. The topological polar surface area (TPSA) is 374 Å². The lowest BCUT2D eigenvalue weighted by atomic mass is 9.84. The van der Waals surface area contributed by atoms with Crippen LogP contribution in [0.4, 0.5) is 0 Å². The fourth-order valence-corrected chi connectivity index (χ4v) is 14.4. The van der Waals surface area contributed by atoms with Gasteiger partial charge in [-0.25, -0.2) is 4.57 Å². The molecule has 0 aromatic carbocycles. The number of rotatable bonds is 62. The Hall–Kier alpha value is -2.04. The van der Waals surface area contributed by atoms with Crippen LogP contribution in [0.15, 0.2) is 0 Å². The van der Waals surface area contributed by atoms with Gasteiger partial charge >= 0.3 is 25.7 Å². The Balaban J connectivity index is 1.71. The van der Waals surface area contributed by atoms with Crippen molar-refractivity contribution >= 4 is 25.7 Å². The lowest BCUT2D eigenvalue weighted by Crippen LogP contribution is -2.69. The average molecular weight is 1460 g/mol. The summed E-state index contributed by atoms with van der Waals surface area (Å²) in [4.78, 5) is 51.1. The van der Waals surface area contributed by atoms with Crippen LogP contribution in [-0.2, 0) is 61.2 Å². The molecule has 0 bridgehead atoms. The van der Waals surface area contributed by atoms with Crippen LogP contribution in [0, 0.1) is 5.92 Å². The van der Waals surface area contributed by atoms with Crippen molar-refractivity contribution in [3.05, 3.63) is 0 Å². The van der Waals surface area contributed by atoms with Crippen LogP contribution in [-0.4, -0.2) is 204 Å². The van der Waals surface area contributed by atoms with E-state index in [-0.39, 0.29) is 19.3 Å². The smallest absolute Gasteiger partial charge is 0.463 e. The Kier molecular flexibility index (Phi) is 51.9. The molecule has 0 aromatic heterocycles. The molecule has 0 spiro atoms. The SMILES string of the molecule is CCCCCCCCCCCCCCCCCCC(=O)OCC(COP(=O)(O)OC1C(OC2OC(CO)C(O)C(O)C2O)C(O)C(O)C(O)C1OC1OC(COC(=O)CCCCCCCCC(C)CCCCCCCC)C(O)C(O)C1O)OC(=O)CCCCCCCCCCCCCCC. The van der Waals surface area contributed by atoms with Crippen LogP contribution in [0.1, 0.15) is 323 Å². The van der Waals surface area contributed by atoms with Gasteiger partial charge in [-0.2, -0.15) is 0 Å². The number of hydrogen-bond donors (Lipinski definition) is 11. The van der Waals surface area contributed by atoms with Crippen LogP contribution >= 0.6 is 7.82 Å². The van der Waals surface area contributed by atoms with Crippen molar-refractivity contribution in [1.82, 2.24) is 0 Å². The predicted molar refractivity (Wildman–Crippen MR) is 379 cm³/mol. The summed E-state index contributed by atoms with van der Waals surface area (Å²) in [7, 11) is -5.69. The van der Waals surface area contributed by atoms with Crippen LogP contribution in [0.3, 0.4) is 0 Å². The number of phosphoric ester groups is 1. The summed E-state index contributed by atoms with van der Waals surface area (Å²) >= 11 is 0. The van der Waals surface area contributed by atoms with Gasteiger partial charge in [-0.05, 0) is 25.2 Å². The summed E-state index contributed by atoms with van der Waals surface area (Å²) < 4.78 is 65.2. The van der Waals surface area contributed by atoms with Crippen LogP contribution in [0.25, 0.3) is 0 Å². The van der Waals surface area contributed by atoms with Crippen molar-refractivity contribution in [2.45, 2.75) is 427 Å². The van der Waals surface area contributed by atoms with Crippen LogP contribution < -0.4 is 0 Å². The predicted octanol–water partition coefficient (Wildman–Crippen LogP) is 11.6. The number of esters is 3. The van der Waals surface area contributed by atoms with Crippen LogP contribution in [0.2, 0.25) is 0 Å². The maximum atomic E-state index is 14.4. The van der Waals surface area contributed by atoms with Gasteiger partial charge in [-0.1, -0.05) is 285 Å². The van der Waals surface area contributed by atoms with Crippen molar-refractivity contribution < 1.29 is 117 Å². The Bertz CT molecular complexity index is 2080. The van der Waals surface area contributed by atoms with Gasteiger partial charge in [0.2, 0.25) is 0 Å². The average Bonchev–Trinajstić information content (AvgIpc) is 0.762. The molecule has 19 atom stereocenters. The molecule has 1 aliphatic carbocycles. The second kappa shape index (κ2) is 56.3. The normalized spacial score (nSPS) is 27.6. The molecule has 2 heterocycles. The Labute approximate surface area is 600 Å². The highest BCUT2D eigenvalue weighted by Crippen LogP contribution is 2.49. The number of unbranched alkanes of at least 4 members (excludes halogenated alkanes) is 37. The van der Waals surface area contributed by atoms with Gasteiger partial charge in [0.1, 0.15) is 98.7 Å². The molecule has 0 radical (unpaired) electrons. The number of ether oxygens (including phenoxy) is 7. The number of hydrogen-bond acceptors (Lipinski definition) is 23. The van der Waals surface area contributed by atoms with E-state index in [9.17, 15) is 74.9 Å². The minimum absolute atomic E-state index is 0.0310. The van der Waals surface area contributed by atoms with E-state index in [0.29, 0.717) is 25.2 Å². The highest BCUT2D eigenvalue weighted by Gasteiger charge is 2.58. The molecule has 1 saturated carbocycles. The third kappa shape index (κ3) is 39.0. The van der Waals surface area contributed by atoms with Gasteiger partial charge in [0.05, 0.1) is 13.2 Å². The van der Waals surface area contributed by atoms with Gasteiger partial charge in [0.25, 0.3) is 0 Å². The second-order valence-electron chi connectivity index (χ2n) is 29.1. The fraction of sp³-hybridized carbons (Fsp3) is 0.960. The first kappa shape index (κ1) is 92.2. The monoisotopic (exact) mass is 1460 g/mol. The van der Waals surface area contributed by atoms with Crippen molar-refractivity contribution in [2.24, 2.45) is 5.92 Å². The Morgan fingerprint density at radius 3 is 1.08 bits per heavy atom. The fourth-order valence-electron chi connectivity index (χ4n) is 13.5. The van der Waals surface area contributed by atoms with E-state index in [1.807, 2.05) is 0 Å². The molecule has 0 aromatic rings. The largest absolute Gasteiger partial charge is 0.472 e. The highest BCUT2D eigenvalue weighted by atomic mass is 31.2. The molecule has 0 amide bonds. The maximum Gasteiger partial charge on any atom is 0.472 e. The first-order valence-corrected chi connectivity index (χ1v) is 41.2. The van der Waals surface area contributed by atoms with Crippen molar-refractivity contribution in [3.8, 4) is 0 Å². The molecule has 3 aliphatic rings. The molecular formula is C75H141O24P. The summed E-state index contributed by atoms with van der Waals surface area (Å²) in [6.45, 7) is 5.81. The number of phosphoric acid groups is 1. The van der Waals surface area contributed by atoms with Gasteiger partial charge in [0.15, 0.2) is 18.7 Å². The Morgan fingerprint density at radius 2 is 0.700 bits per heavy atom.